The summed E-state index contributed by atoms with van der Waals surface area (Å²) in [6.45, 7) is 0. The van der Waals surface area contributed by atoms with E-state index in [1.807, 2.05) is 0 Å². The van der Waals surface area contributed by atoms with Gasteiger partial charge in [0.1, 0.15) is 11.6 Å². The third-order valence-corrected chi connectivity index (χ3v) is 3.85. The van der Waals surface area contributed by atoms with Crippen molar-refractivity contribution in [2.45, 2.75) is 12.6 Å². The van der Waals surface area contributed by atoms with E-state index < -0.39 is 23.5 Å². The molecule has 1 amide bonds. The van der Waals surface area contributed by atoms with E-state index in [0.717, 1.165) is 6.07 Å². The molecule has 4 nitrogen and oxygen atoms in total. The normalized spacial score (nSPS) is 11.1. The number of aromatic nitrogens is 1. The Labute approximate surface area is 158 Å². The largest absolute Gasteiger partial charge is 0.418 e. The van der Waals surface area contributed by atoms with Gasteiger partial charge in [0.25, 0.3) is 0 Å². The molecule has 3 rings (SSSR count). The molecule has 0 unspecified atom stereocenters. The van der Waals surface area contributed by atoms with Crippen LogP contribution in [0, 0.1) is 5.82 Å². The summed E-state index contributed by atoms with van der Waals surface area (Å²) in [5.74, 6) is -0.725. The molecule has 1 aromatic heterocycles. The Morgan fingerprint density at radius 2 is 1.68 bits per heavy atom. The van der Waals surface area contributed by atoms with Crippen LogP contribution in [-0.2, 0) is 17.4 Å². The summed E-state index contributed by atoms with van der Waals surface area (Å²) in [6, 6.07) is 13.9. The molecule has 0 atom stereocenters. The van der Waals surface area contributed by atoms with Crippen molar-refractivity contribution in [3.63, 3.8) is 0 Å². The van der Waals surface area contributed by atoms with Gasteiger partial charge in [-0.3, -0.25) is 4.79 Å². The lowest BCUT2D eigenvalue weighted by molar-refractivity contribution is -0.136. The average molecular weight is 389 g/mol. The molecule has 0 bridgehead atoms. The first-order valence-electron chi connectivity index (χ1n) is 8.25. The molecule has 28 heavy (non-hydrogen) atoms. The lowest BCUT2D eigenvalue weighted by Gasteiger charge is -2.14. The van der Waals surface area contributed by atoms with Crippen LogP contribution in [0.1, 0.15) is 11.1 Å². The first-order valence-corrected chi connectivity index (χ1v) is 8.25. The van der Waals surface area contributed by atoms with Crippen molar-refractivity contribution in [3.8, 4) is 0 Å². The van der Waals surface area contributed by atoms with Gasteiger partial charge in [-0.15, -0.1) is 0 Å². The summed E-state index contributed by atoms with van der Waals surface area (Å²) >= 11 is 0. The van der Waals surface area contributed by atoms with Gasteiger partial charge >= 0.3 is 6.18 Å². The van der Waals surface area contributed by atoms with E-state index >= 15 is 0 Å². The number of hydrogen-bond donors (Lipinski definition) is 2. The van der Waals surface area contributed by atoms with Crippen LogP contribution in [0.2, 0.25) is 0 Å². The Kier molecular flexibility index (Phi) is 5.58. The van der Waals surface area contributed by atoms with Gasteiger partial charge in [-0.05, 0) is 35.9 Å². The molecule has 0 saturated carbocycles. The Hall–Kier alpha value is -3.42. The molecule has 3 aromatic rings. The first-order chi connectivity index (χ1) is 13.3. The summed E-state index contributed by atoms with van der Waals surface area (Å²) in [5.41, 5.74) is -0.330. The molecule has 0 spiro atoms. The second-order valence-corrected chi connectivity index (χ2v) is 5.92. The lowest BCUT2D eigenvalue weighted by atomic mass is 10.1. The minimum atomic E-state index is -4.50. The van der Waals surface area contributed by atoms with Gasteiger partial charge < -0.3 is 10.6 Å². The number of carbonyl (C=O) groups is 1. The van der Waals surface area contributed by atoms with Crippen molar-refractivity contribution in [1.29, 1.82) is 0 Å². The van der Waals surface area contributed by atoms with Crippen LogP contribution >= 0.6 is 0 Å². The number of benzene rings is 2. The van der Waals surface area contributed by atoms with Crippen LogP contribution in [0.25, 0.3) is 0 Å². The minimum Gasteiger partial charge on any atom is -0.340 e. The molecular weight excluding hydrogens is 374 g/mol. The summed E-state index contributed by atoms with van der Waals surface area (Å²) in [7, 11) is 0. The fourth-order valence-electron chi connectivity index (χ4n) is 2.54. The van der Waals surface area contributed by atoms with Crippen LogP contribution < -0.4 is 10.6 Å². The number of alkyl halides is 3. The number of halogens is 4. The van der Waals surface area contributed by atoms with E-state index in [-0.39, 0.29) is 23.5 Å². The van der Waals surface area contributed by atoms with Crippen LogP contribution in [0.4, 0.5) is 34.8 Å². The van der Waals surface area contributed by atoms with Gasteiger partial charge in [0.2, 0.25) is 5.91 Å². The molecule has 0 fully saturated rings. The van der Waals surface area contributed by atoms with Crippen molar-refractivity contribution in [2.24, 2.45) is 0 Å². The first kappa shape index (κ1) is 19.3. The highest BCUT2D eigenvalue weighted by Gasteiger charge is 2.33. The average Bonchev–Trinajstić information content (AvgIpc) is 2.65. The summed E-state index contributed by atoms with van der Waals surface area (Å²) in [5, 5.41) is 5.18. The van der Waals surface area contributed by atoms with E-state index in [9.17, 15) is 22.4 Å². The summed E-state index contributed by atoms with van der Waals surface area (Å²) in [4.78, 5) is 16.0. The zero-order valence-electron chi connectivity index (χ0n) is 14.4. The number of nitrogens with zero attached hydrogens (tertiary/aromatic N) is 1. The van der Waals surface area contributed by atoms with Crippen LogP contribution in [0.3, 0.4) is 0 Å². The van der Waals surface area contributed by atoms with Gasteiger partial charge in [0.15, 0.2) is 0 Å². The van der Waals surface area contributed by atoms with E-state index in [2.05, 4.69) is 15.6 Å². The molecule has 0 radical (unpaired) electrons. The predicted molar refractivity (Wildman–Crippen MR) is 97.7 cm³/mol. The van der Waals surface area contributed by atoms with Crippen LogP contribution in [0.5, 0.6) is 0 Å². The molecule has 2 N–H and O–H groups in total. The van der Waals surface area contributed by atoms with E-state index in [1.54, 1.807) is 6.07 Å². The quantitative estimate of drug-likeness (QED) is 0.593. The van der Waals surface area contributed by atoms with Crippen LogP contribution in [0.15, 0.2) is 66.9 Å². The van der Waals surface area contributed by atoms with Gasteiger partial charge in [-0.2, -0.15) is 13.2 Å². The smallest absolute Gasteiger partial charge is 0.340 e. The molecule has 0 saturated heterocycles. The molecule has 8 heteroatoms. The van der Waals surface area contributed by atoms with Crippen molar-refractivity contribution in [3.05, 3.63) is 83.8 Å². The van der Waals surface area contributed by atoms with Crippen LogP contribution in [-0.4, -0.2) is 10.9 Å². The highest BCUT2D eigenvalue weighted by Crippen LogP contribution is 2.35. The topological polar surface area (TPSA) is 54.0 Å². The van der Waals surface area contributed by atoms with Gasteiger partial charge in [0.05, 0.1) is 29.6 Å². The van der Waals surface area contributed by atoms with E-state index in [1.165, 1.54) is 54.7 Å². The fraction of sp³-hybridized carbons (Fsp3) is 0.100. The molecule has 144 valence electrons. The van der Waals surface area contributed by atoms with Crippen molar-refractivity contribution < 1.29 is 22.4 Å². The van der Waals surface area contributed by atoms with E-state index in [4.69, 9.17) is 0 Å². The van der Waals surface area contributed by atoms with Crippen molar-refractivity contribution in [1.82, 2.24) is 4.98 Å². The zero-order valence-corrected chi connectivity index (χ0v) is 14.4. The monoisotopic (exact) mass is 389 g/mol. The van der Waals surface area contributed by atoms with E-state index in [0.29, 0.717) is 5.69 Å². The second-order valence-electron chi connectivity index (χ2n) is 5.92. The Bertz CT molecular complexity index is 972. The van der Waals surface area contributed by atoms with Crippen molar-refractivity contribution in [2.75, 3.05) is 10.6 Å². The molecule has 0 aliphatic carbocycles. The Morgan fingerprint density at radius 1 is 0.964 bits per heavy atom. The Morgan fingerprint density at radius 3 is 2.36 bits per heavy atom. The maximum atomic E-state index is 13.6. The molecule has 1 heterocycles. The second kappa shape index (κ2) is 8.08. The number of amides is 1. The standard InChI is InChI=1S/C20H15F4N3O/c21-16-7-3-1-5-13(16)11-19(28)26-14-9-10-18(25-12-14)27-17-8-4-2-6-15(17)20(22,23)24/h1-10,12H,11H2,(H,25,27)(H,26,28). The number of para-hydroxylation sites is 1. The number of rotatable bonds is 5. The number of hydrogen-bond acceptors (Lipinski definition) is 3. The molecule has 2 aromatic carbocycles. The highest BCUT2D eigenvalue weighted by molar-refractivity contribution is 5.92. The van der Waals surface area contributed by atoms with Gasteiger partial charge in [-0.1, -0.05) is 30.3 Å². The maximum absolute atomic E-state index is 13.6. The van der Waals surface area contributed by atoms with Gasteiger partial charge in [0, 0.05) is 0 Å². The molecule has 0 aliphatic heterocycles. The van der Waals surface area contributed by atoms with Gasteiger partial charge in [-0.25, -0.2) is 9.37 Å². The molecular formula is C20H15F4N3O. The Balaban J connectivity index is 1.66. The third kappa shape index (κ3) is 4.85. The SMILES string of the molecule is O=C(Cc1ccccc1F)Nc1ccc(Nc2ccccc2C(F)(F)F)nc1. The number of nitrogens with one attached hydrogen (secondary N) is 2. The predicted octanol–water partition coefficient (Wildman–Crippen LogP) is 5.16. The number of pyridine rings is 1. The number of carbonyl (C=O) groups excluding carboxylic acids is 1. The van der Waals surface area contributed by atoms with Crippen molar-refractivity contribution >= 4 is 23.1 Å². The summed E-state index contributed by atoms with van der Waals surface area (Å²) < 4.78 is 52.7. The number of anilines is 3. The minimum absolute atomic E-state index is 0.126. The summed E-state index contributed by atoms with van der Waals surface area (Å²) in [6.07, 6.45) is -3.34. The third-order valence-electron chi connectivity index (χ3n) is 3.85. The lowest BCUT2D eigenvalue weighted by Crippen LogP contribution is -2.15. The maximum Gasteiger partial charge on any atom is 0.418 e. The molecule has 0 aliphatic rings. The zero-order chi connectivity index (χ0) is 20.1. The highest BCUT2D eigenvalue weighted by atomic mass is 19.4. The fourth-order valence-corrected chi connectivity index (χ4v) is 2.54.